The molecule has 5 saturated heterocycles. The van der Waals surface area contributed by atoms with Gasteiger partial charge >= 0.3 is 34.9 Å². The highest BCUT2D eigenvalue weighted by Gasteiger charge is 2.54. The van der Waals surface area contributed by atoms with Crippen molar-refractivity contribution >= 4 is 162 Å². The van der Waals surface area contributed by atoms with Gasteiger partial charge in [0.25, 0.3) is 22.9 Å². The maximum atomic E-state index is 16.4. The number of alkyl halides is 2. The molecule has 4 unspecified atom stereocenters. The molecule has 3 aromatic carbocycles. The van der Waals surface area contributed by atoms with Gasteiger partial charge in [0.15, 0.2) is 87.2 Å². The number of carbonyl (C=O) groups is 5. The van der Waals surface area contributed by atoms with E-state index in [1.807, 2.05) is 18.2 Å². The number of hydrogen-bond donors (Lipinski definition) is 9. The number of aliphatic hydroxyl groups is 1. The van der Waals surface area contributed by atoms with Gasteiger partial charge < -0.3 is 90.1 Å². The van der Waals surface area contributed by atoms with Crippen molar-refractivity contribution in [3.05, 3.63) is 161 Å². The smallest absolute Gasteiger partial charge is 0.450 e. The predicted molar refractivity (Wildman–Crippen MR) is 466 cm³/mol. The van der Waals surface area contributed by atoms with Crippen molar-refractivity contribution in [2.45, 2.75) is 139 Å². The summed E-state index contributed by atoms with van der Waals surface area (Å²) in [6.07, 6.45) is -13.5. The third-order valence-electron chi connectivity index (χ3n) is 19.9. The molecule has 9 N–H and O–H groups in total. The molecule has 698 valence electrons. The Morgan fingerprint density at radius 1 is 0.652 bits per heavy atom. The number of rotatable bonds is 27. The maximum Gasteiger partial charge on any atom is 0.506 e. The number of anilines is 4. The number of amides is 4. The summed E-state index contributed by atoms with van der Waals surface area (Å²) in [5.74, 6) is -2.22. The molecule has 13 heterocycles. The molecule has 0 radical (unpaired) electrons. The van der Waals surface area contributed by atoms with Gasteiger partial charge in [-0.25, -0.2) is 53.4 Å². The number of halogens is 3. The number of para-hydroxylation sites is 1. The molecule has 18 atom stereocenters. The molecule has 4 amide bonds. The minimum Gasteiger partial charge on any atom is -0.450 e. The van der Waals surface area contributed by atoms with Crippen LogP contribution in [0, 0.1) is 34.5 Å². The molecule has 0 aliphatic carbocycles. The summed E-state index contributed by atoms with van der Waals surface area (Å²) in [6, 6.07) is 29.8. The summed E-state index contributed by atoms with van der Waals surface area (Å²) in [7, 11) is -2.83. The molecule has 5 aliphatic heterocycles. The number of aromatic amines is 2. The first-order valence-electron chi connectivity index (χ1n) is 40.0. The number of imidazole rings is 4. The average Bonchev–Trinajstić information content (AvgIpc) is 1.72. The van der Waals surface area contributed by atoms with E-state index in [2.05, 4.69) is 81.1 Å². The lowest BCUT2D eigenvalue weighted by atomic mass is 10.1. The number of carbonyl (C=O) groups excluding carboxylic acids is 4. The van der Waals surface area contributed by atoms with Crippen LogP contribution in [0.5, 0.6) is 5.75 Å². The maximum absolute atomic E-state index is 16.4. The van der Waals surface area contributed by atoms with E-state index in [0.29, 0.717) is 22.5 Å². The van der Waals surface area contributed by atoms with Gasteiger partial charge in [0, 0.05) is 42.5 Å². The standard InChI is InChI=1S/C35H37FN11O12PS.C34H36FN11O11P2S.C7H8ClO2P/c1-17(2)30(49)44-34-43-29-25(32(51)45-34)41-16-47(29)33-26(58-35(52)53)23(36)21(57-33)13-55-60(61,54-10-6-9-37)59-19-11-22(56-20(19)12-48)46-15-40-24-27(38-14-39-28(24)46)42-31(50)18-7-4-3-5-8-18;1-17(2)30(47)43-34-42-29-25(32(49)44-34)40-16-46(29)33-26-23(35)21(55-33)13-53-59(60,52-10-6-9-36)57-19-11-22(54-20(19)12-51-58(50)56-26)45-15-39-24-27(37-14-38-28(24)45)41-31(48)18-7-4-3-5-8-18;1-11(8,9)10-7-5-3-2-4-6-7/h3-5,7-8,14-17,19-23,26,33,48H,6,10-13H2,1-2H3,(H,52,53)(H,38,39,42,50)(H2,43,44,45,49,51);3-5,7-8,14-17,19-23,26,33,50H,6,10-13H2,1-2H3,(H,37,38,41,48)(H2,42,43,44,47,49);2-6H,1H3/t19-,20+,21+,22+,23+,26+,33+,60?;19-,20+,21+,22+,23+,26+,33+,58?,59?;/m00./s1. The fourth-order valence-corrected chi connectivity index (χ4v) is 19.4. The van der Waals surface area contributed by atoms with Crippen LogP contribution in [-0.2, 0) is 97.6 Å². The first kappa shape index (κ1) is 97.0. The largest absolute Gasteiger partial charge is 0.506 e. The van der Waals surface area contributed by atoms with Gasteiger partial charge in [-0.1, -0.05) is 82.3 Å². The van der Waals surface area contributed by atoms with E-state index in [9.17, 15) is 63.8 Å². The summed E-state index contributed by atoms with van der Waals surface area (Å²) in [5, 5.41) is 48.7. The zero-order chi connectivity index (χ0) is 93.9. The summed E-state index contributed by atoms with van der Waals surface area (Å²) < 4.78 is 131. The minimum atomic E-state index is -3.96. The second kappa shape index (κ2) is 42.9. The highest BCUT2D eigenvalue weighted by atomic mass is 35.7. The number of fused-ring (bicyclic) bond motifs is 7. The average molecular weight is 1960 g/mol. The molecule has 47 nitrogen and oxygen atoms in total. The van der Waals surface area contributed by atoms with Crippen molar-refractivity contribution in [1.82, 2.24) is 78.1 Å². The monoisotopic (exact) mass is 1960 g/mol. The third kappa shape index (κ3) is 23.2. The molecule has 132 heavy (non-hydrogen) atoms. The molecule has 5 aliphatic rings. The quantitative estimate of drug-likeness (QED) is 0.0131. The number of H-pyrrole nitrogens is 2. The zero-order valence-electron chi connectivity index (χ0n) is 69.7. The van der Waals surface area contributed by atoms with Crippen molar-refractivity contribution in [1.29, 1.82) is 10.5 Å². The van der Waals surface area contributed by atoms with Crippen LogP contribution >= 0.6 is 40.0 Å². The molecule has 16 rings (SSSR count). The van der Waals surface area contributed by atoms with E-state index in [0.717, 1.165) is 10.9 Å². The van der Waals surface area contributed by atoms with Crippen LogP contribution in [-0.4, -0.2) is 230 Å². The Morgan fingerprint density at radius 3 is 1.70 bits per heavy atom. The topological polar surface area (TPSA) is 602 Å². The number of ether oxygens (including phenoxy) is 5. The van der Waals surface area contributed by atoms with Crippen LogP contribution < -0.4 is 36.9 Å². The highest BCUT2D eigenvalue weighted by molar-refractivity contribution is 8.07. The minimum absolute atomic E-state index is 0.0253. The van der Waals surface area contributed by atoms with Crippen LogP contribution in [0.25, 0.3) is 44.7 Å². The molecule has 0 saturated carbocycles. The molecule has 2 bridgehead atoms. The molecule has 56 heteroatoms. The number of nitrogens with zero attached hydrogens (tertiary/aromatic N) is 16. The summed E-state index contributed by atoms with van der Waals surface area (Å²) in [4.78, 5) is 147. The van der Waals surface area contributed by atoms with Gasteiger partial charge in [-0.3, -0.25) is 72.2 Å². The Bertz CT molecular complexity index is 6390. The lowest BCUT2D eigenvalue weighted by molar-refractivity contribution is -0.119. The summed E-state index contributed by atoms with van der Waals surface area (Å²) in [6.45, 7) is -5.38. The Balaban J connectivity index is 0.000000190. The van der Waals surface area contributed by atoms with E-state index in [1.165, 1.54) is 42.9 Å². The summed E-state index contributed by atoms with van der Waals surface area (Å²) in [5.41, 5.74) is -0.171. The second-order valence-corrected chi connectivity index (χ2v) is 40.2. The number of nitrogens with one attached hydrogen (secondary N) is 6. The van der Waals surface area contributed by atoms with Crippen molar-refractivity contribution in [3.8, 4) is 17.9 Å². The number of aromatic nitrogens is 16. The Kier molecular flexibility index (Phi) is 31.5. The number of nitriles is 2. The first-order chi connectivity index (χ1) is 63.3. The Hall–Kier alpha value is -11.1. The van der Waals surface area contributed by atoms with Crippen LogP contribution in [0.4, 0.5) is 37.1 Å². The lowest BCUT2D eigenvalue weighted by Gasteiger charge is -2.28. The van der Waals surface area contributed by atoms with Gasteiger partial charge in [0.05, 0.1) is 102 Å². The molecule has 5 fully saturated rings. The van der Waals surface area contributed by atoms with E-state index in [4.69, 9.17) is 99.3 Å². The fraction of sp³-hybridized carbons (Fsp3) is 0.408. The Labute approximate surface area is 760 Å². The van der Waals surface area contributed by atoms with Gasteiger partial charge in [-0.05, 0) is 71.3 Å². The molecular weight excluding hydrogens is 1880 g/mol. The normalized spacial score (nSPS) is 25.1. The van der Waals surface area contributed by atoms with Gasteiger partial charge in [-0.2, -0.15) is 20.5 Å². The van der Waals surface area contributed by atoms with Crippen molar-refractivity contribution in [2.75, 3.05) is 67.6 Å². The number of hydrogen-bond acceptors (Lipinski definition) is 38. The SMILES string of the molecule is CC(C)C(=O)Nc1nc2c(ncn2[C@@H]2O[C@@H]3COP(=S)(OCCC#N)O[C@H]4C[C@H](n5cnc6c(NC(=O)c7ccccc7)ncnc65)O[C@@H]4COP(O)O[C@@H]2[C@@H]3F)c(=O)[nH]1.CC(C)C(=O)Nc1nc2c(ncn2[C@@H]2O[C@H](COP(=S)(OCCC#N)O[C@H]3C[C@H](n4cnc5c(NC(=O)c6ccccc6)ncnc54)O[C@@H]3CO)[C@@H](F)[C@H]2OC(=O)O)c(=O)[nH]1.CP(=O)(Cl)Oc1ccccc1. The second-order valence-electron chi connectivity index (χ2n) is 29.8. The van der Waals surface area contributed by atoms with E-state index < -0.39 is 187 Å². The van der Waals surface area contributed by atoms with E-state index in [-0.39, 0.29) is 108 Å². The number of aliphatic hydroxyl groups excluding tert-OH is 1. The Morgan fingerprint density at radius 2 is 1.17 bits per heavy atom. The molecule has 8 aromatic heterocycles. The van der Waals surface area contributed by atoms with Crippen LogP contribution in [0.2, 0.25) is 0 Å². The third-order valence-corrected chi connectivity index (χ3v) is 26.3. The number of benzene rings is 3. The van der Waals surface area contributed by atoms with Gasteiger partial charge in [0.1, 0.15) is 61.4 Å². The van der Waals surface area contributed by atoms with Crippen LogP contribution in [0.15, 0.2) is 139 Å². The van der Waals surface area contributed by atoms with E-state index >= 15 is 8.78 Å². The molecule has 0 spiro atoms. The van der Waals surface area contributed by atoms with Gasteiger partial charge in [-0.15, -0.1) is 0 Å². The first-order valence-corrected chi connectivity index (χ1v) is 49.2. The molecule has 11 aromatic rings. The lowest BCUT2D eigenvalue weighted by Crippen LogP contribution is -2.34. The molecular formula is C76H81ClF2N22O25P4S2. The van der Waals surface area contributed by atoms with Gasteiger partial charge in [0.2, 0.25) is 23.7 Å². The van der Waals surface area contributed by atoms with Crippen molar-refractivity contribution in [2.24, 2.45) is 11.8 Å². The zero-order valence-corrected chi connectivity index (χ0v) is 75.6. The predicted octanol–water partition coefficient (Wildman–Crippen LogP) is 9.59. The van der Waals surface area contributed by atoms with Crippen molar-refractivity contribution in [3.63, 3.8) is 0 Å². The fourth-order valence-electron chi connectivity index (χ4n) is 13.7. The highest BCUT2D eigenvalue weighted by Crippen LogP contribution is 2.58. The van der Waals surface area contributed by atoms with E-state index in [1.54, 1.807) is 122 Å². The number of carboxylic acid groups (broad SMARTS) is 1. The van der Waals surface area contributed by atoms with Crippen LogP contribution in [0.1, 0.15) is 99.0 Å². The van der Waals surface area contributed by atoms with Crippen LogP contribution in [0.3, 0.4) is 0 Å². The van der Waals surface area contributed by atoms with Crippen molar-refractivity contribution < 1.29 is 117 Å². The summed E-state index contributed by atoms with van der Waals surface area (Å²) >= 11 is 16.9.